The van der Waals surface area contributed by atoms with Gasteiger partial charge in [0.2, 0.25) is 0 Å². The van der Waals surface area contributed by atoms with E-state index >= 15 is 0 Å². The number of para-hydroxylation sites is 2. The quantitative estimate of drug-likeness (QED) is 0.612. The van der Waals surface area contributed by atoms with E-state index in [1.165, 1.54) is 4.90 Å². The molecule has 7 heteroatoms. The summed E-state index contributed by atoms with van der Waals surface area (Å²) in [4.78, 5) is 25.6. The topological polar surface area (TPSA) is 55.8 Å². The van der Waals surface area contributed by atoms with Gasteiger partial charge in [-0.1, -0.05) is 41.4 Å². The van der Waals surface area contributed by atoms with Crippen molar-refractivity contribution < 1.29 is 19.1 Å². The Morgan fingerprint density at radius 1 is 1.17 bits per heavy atom. The van der Waals surface area contributed by atoms with Crippen molar-refractivity contribution in [2.24, 2.45) is 0 Å². The molecule has 0 bridgehead atoms. The second kappa shape index (κ2) is 7.11. The number of halogens is 2. The largest absolute Gasteiger partial charge is 0.482 e. The summed E-state index contributed by atoms with van der Waals surface area (Å²) in [6.45, 7) is 0.141. The molecule has 0 atom stereocenters. The summed E-state index contributed by atoms with van der Waals surface area (Å²) < 4.78 is 10.6. The molecule has 0 saturated carbocycles. The van der Waals surface area contributed by atoms with Gasteiger partial charge in [0.15, 0.2) is 12.4 Å². The molecular formula is C17H13Cl2NO4. The lowest BCUT2D eigenvalue weighted by Crippen LogP contribution is -2.40. The summed E-state index contributed by atoms with van der Waals surface area (Å²) in [5.41, 5.74) is 0.641. The van der Waals surface area contributed by atoms with E-state index in [4.69, 9.17) is 32.7 Å². The molecule has 0 N–H and O–H groups in total. The highest BCUT2D eigenvalue weighted by Crippen LogP contribution is 2.33. The Morgan fingerprint density at radius 3 is 2.79 bits per heavy atom. The first-order valence-electron chi connectivity index (χ1n) is 7.23. The Morgan fingerprint density at radius 2 is 1.96 bits per heavy atom. The number of hydrogen-bond acceptors (Lipinski definition) is 4. The number of benzene rings is 2. The number of carbonyl (C=O) groups excluding carboxylic acids is 2. The van der Waals surface area contributed by atoms with E-state index in [-0.39, 0.29) is 36.3 Å². The molecule has 1 aliphatic rings. The summed E-state index contributed by atoms with van der Waals surface area (Å²) >= 11 is 11.9. The van der Waals surface area contributed by atoms with E-state index in [1.807, 2.05) is 6.07 Å². The van der Waals surface area contributed by atoms with Crippen LogP contribution in [0.5, 0.6) is 11.5 Å². The third-order valence-corrected chi connectivity index (χ3v) is 4.29. The highest BCUT2D eigenvalue weighted by atomic mass is 35.5. The van der Waals surface area contributed by atoms with Gasteiger partial charge in [0.05, 0.1) is 17.1 Å². The van der Waals surface area contributed by atoms with Gasteiger partial charge in [0.25, 0.3) is 5.91 Å². The minimum atomic E-state index is -0.504. The SMILES string of the molecule is O=C(CCN1C(=O)COc2ccccc21)Oc1cccc(Cl)c1Cl. The van der Waals surface area contributed by atoms with Gasteiger partial charge in [-0.2, -0.15) is 0 Å². The molecule has 5 nitrogen and oxygen atoms in total. The average molecular weight is 366 g/mol. The third-order valence-electron chi connectivity index (χ3n) is 3.49. The van der Waals surface area contributed by atoms with Crippen LogP contribution in [-0.4, -0.2) is 25.0 Å². The second-order valence-corrected chi connectivity index (χ2v) is 5.86. The molecule has 24 heavy (non-hydrogen) atoms. The molecule has 0 aromatic heterocycles. The molecule has 0 spiro atoms. The maximum absolute atomic E-state index is 12.0. The van der Waals surface area contributed by atoms with Crippen LogP contribution < -0.4 is 14.4 Å². The molecule has 2 aromatic carbocycles. The fourth-order valence-electron chi connectivity index (χ4n) is 2.34. The Labute approximate surface area is 148 Å². The number of anilines is 1. The van der Waals surface area contributed by atoms with E-state index in [2.05, 4.69) is 0 Å². The van der Waals surface area contributed by atoms with Crippen molar-refractivity contribution >= 4 is 40.8 Å². The lowest BCUT2D eigenvalue weighted by atomic mass is 10.2. The number of nitrogens with zero attached hydrogens (tertiary/aromatic N) is 1. The van der Waals surface area contributed by atoms with E-state index in [0.29, 0.717) is 16.5 Å². The van der Waals surface area contributed by atoms with E-state index in [1.54, 1.807) is 36.4 Å². The van der Waals surface area contributed by atoms with Gasteiger partial charge >= 0.3 is 5.97 Å². The van der Waals surface area contributed by atoms with Crippen molar-refractivity contribution in [2.75, 3.05) is 18.1 Å². The van der Waals surface area contributed by atoms with Crippen molar-refractivity contribution in [1.82, 2.24) is 0 Å². The zero-order chi connectivity index (χ0) is 17.1. The van der Waals surface area contributed by atoms with E-state index in [9.17, 15) is 9.59 Å². The van der Waals surface area contributed by atoms with Crippen LogP contribution in [0.15, 0.2) is 42.5 Å². The Bertz CT molecular complexity index is 794. The Balaban J connectivity index is 1.66. The van der Waals surface area contributed by atoms with Crippen LogP contribution in [0.4, 0.5) is 5.69 Å². The van der Waals surface area contributed by atoms with Crippen molar-refractivity contribution in [2.45, 2.75) is 6.42 Å². The number of esters is 1. The van der Waals surface area contributed by atoms with Crippen LogP contribution >= 0.6 is 23.2 Å². The summed E-state index contributed by atoms with van der Waals surface area (Å²) in [5, 5.41) is 0.486. The van der Waals surface area contributed by atoms with Gasteiger partial charge in [-0.15, -0.1) is 0 Å². The van der Waals surface area contributed by atoms with Gasteiger partial charge in [-0.3, -0.25) is 9.59 Å². The van der Waals surface area contributed by atoms with Gasteiger partial charge in [-0.05, 0) is 24.3 Å². The molecule has 0 aliphatic carbocycles. The van der Waals surface area contributed by atoms with Gasteiger partial charge < -0.3 is 14.4 Å². The number of amides is 1. The highest BCUT2D eigenvalue weighted by Gasteiger charge is 2.25. The summed E-state index contributed by atoms with van der Waals surface area (Å²) in [7, 11) is 0. The molecule has 0 unspecified atom stereocenters. The lowest BCUT2D eigenvalue weighted by Gasteiger charge is -2.28. The van der Waals surface area contributed by atoms with E-state index < -0.39 is 5.97 Å². The number of hydrogen-bond donors (Lipinski definition) is 0. The molecule has 0 radical (unpaired) electrons. The molecule has 1 heterocycles. The van der Waals surface area contributed by atoms with Crippen molar-refractivity contribution in [1.29, 1.82) is 0 Å². The monoisotopic (exact) mass is 365 g/mol. The zero-order valence-corrected chi connectivity index (χ0v) is 14.0. The molecular weight excluding hydrogens is 353 g/mol. The molecule has 2 aromatic rings. The smallest absolute Gasteiger partial charge is 0.313 e. The Kier molecular flexibility index (Phi) is 4.92. The van der Waals surface area contributed by atoms with Crippen LogP contribution in [0.3, 0.4) is 0 Å². The van der Waals surface area contributed by atoms with Crippen molar-refractivity contribution in [3.63, 3.8) is 0 Å². The molecule has 1 aliphatic heterocycles. The number of rotatable bonds is 4. The first kappa shape index (κ1) is 16.6. The number of carbonyl (C=O) groups is 2. The molecule has 124 valence electrons. The second-order valence-electron chi connectivity index (χ2n) is 5.08. The fourth-order valence-corrected chi connectivity index (χ4v) is 2.67. The van der Waals surface area contributed by atoms with Gasteiger partial charge in [-0.25, -0.2) is 0 Å². The van der Waals surface area contributed by atoms with Crippen LogP contribution in [0.25, 0.3) is 0 Å². The summed E-state index contributed by atoms with van der Waals surface area (Å²) in [6.07, 6.45) is 0.0168. The standard InChI is InChI=1S/C17H13Cl2NO4/c18-11-4-3-7-14(17(11)19)24-16(22)8-9-20-12-5-1-2-6-13(12)23-10-15(20)21/h1-7H,8-10H2. The normalized spacial score (nSPS) is 13.2. The van der Waals surface area contributed by atoms with Crippen LogP contribution in [0.1, 0.15) is 6.42 Å². The lowest BCUT2D eigenvalue weighted by molar-refractivity contribution is -0.134. The predicted octanol–water partition coefficient (Wildman–Crippen LogP) is 3.71. The summed E-state index contributed by atoms with van der Waals surface area (Å²) in [6, 6.07) is 12.0. The molecule has 0 saturated heterocycles. The fraction of sp³-hybridized carbons (Fsp3) is 0.176. The number of fused-ring (bicyclic) bond motifs is 1. The van der Waals surface area contributed by atoms with Crippen LogP contribution in [0.2, 0.25) is 10.0 Å². The minimum Gasteiger partial charge on any atom is -0.482 e. The summed E-state index contributed by atoms with van der Waals surface area (Å²) in [5.74, 6) is 0.101. The molecule has 0 fully saturated rings. The average Bonchev–Trinajstić information content (AvgIpc) is 2.58. The third kappa shape index (κ3) is 3.47. The predicted molar refractivity (Wildman–Crippen MR) is 91.0 cm³/mol. The van der Waals surface area contributed by atoms with Crippen LogP contribution in [-0.2, 0) is 9.59 Å². The first-order valence-corrected chi connectivity index (χ1v) is 7.99. The maximum atomic E-state index is 12.0. The molecule has 3 rings (SSSR count). The zero-order valence-electron chi connectivity index (χ0n) is 12.5. The van der Waals surface area contributed by atoms with Crippen molar-refractivity contribution in [3.05, 3.63) is 52.5 Å². The van der Waals surface area contributed by atoms with Gasteiger partial charge in [0.1, 0.15) is 10.8 Å². The number of ether oxygens (including phenoxy) is 2. The first-order chi connectivity index (χ1) is 11.6. The minimum absolute atomic E-state index is 0.0168. The van der Waals surface area contributed by atoms with E-state index in [0.717, 1.165) is 0 Å². The van der Waals surface area contributed by atoms with Gasteiger partial charge in [0, 0.05) is 6.54 Å². The Hall–Kier alpha value is -2.24. The maximum Gasteiger partial charge on any atom is 0.313 e. The van der Waals surface area contributed by atoms with Crippen LogP contribution in [0, 0.1) is 0 Å². The van der Waals surface area contributed by atoms with Crippen molar-refractivity contribution in [3.8, 4) is 11.5 Å². The molecule has 1 amide bonds. The highest BCUT2D eigenvalue weighted by molar-refractivity contribution is 6.43.